The lowest BCUT2D eigenvalue weighted by molar-refractivity contribution is -0.179. The molecule has 0 amide bonds. The van der Waals surface area contributed by atoms with Crippen LogP contribution in [0.3, 0.4) is 0 Å². The van der Waals surface area contributed by atoms with E-state index in [0.717, 1.165) is 6.42 Å². The lowest BCUT2D eigenvalue weighted by Gasteiger charge is -2.38. The van der Waals surface area contributed by atoms with Gasteiger partial charge >= 0.3 is 0 Å². The summed E-state index contributed by atoms with van der Waals surface area (Å²) in [4.78, 5) is 0. The summed E-state index contributed by atoms with van der Waals surface area (Å²) in [5.74, 6) is 2.35. The standard InChI is InChI=1S/C16H28O3/c1-9(2)13-7-6-10(3)8-14(13)19-16-11(4)15(17)12(5)18-16/h9-11,13-17H,5-8H2,1-4H3/t10-,11-,13+,14?,15+,16+/m1/s1. The molecule has 1 unspecified atom stereocenters. The van der Waals surface area contributed by atoms with Crippen LogP contribution in [0.4, 0.5) is 0 Å². The SMILES string of the molecule is C=C1O[C@@H](OC2C[C@H](C)CC[C@H]2C(C)C)[C@H](C)[C@@H]1O. The highest BCUT2D eigenvalue weighted by Crippen LogP contribution is 2.38. The predicted octanol–water partition coefficient (Wildman–Crippen LogP) is 3.33. The van der Waals surface area contributed by atoms with Crippen LogP contribution in [0.1, 0.15) is 47.0 Å². The molecule has 3 heteroatoms. The molecule has 2 fully saturated rings. The topological polar surface area (TPSA) is 38.7 Å². The smallest absolute Gasteiger partial charge is 0.205 e. The van der Waals surface area contributed by atoms with Crippen molar-refractivity contribution in [1.82, 2.24) is 0 Å². The van der Waals surface area contributed by atoms with Gasteiger partial charge in [0.05, 0.1) is 12.0 Å². The van der Waals surface area contributed by atoms with E-state index in [9.17, 15) is 5.11 Å². The second-order valence-electron chi connectivity index (χ2n) is 6.76. The fourth-order valence-electron chi connectivity index (χ4n) is 3.36. The molecule has 1 aliphatic carbocycles. The average Bonchev–Trinajstić information content (AvgIpc) is 2.57. The van der Waals surface area contributed by atoms with E-state index in [4.69, 9.17) is 9.47 Å². The second-order valence-corrected chi connectivity index (χ2v) is 6.76. The van der Waals surface area contributed by atoms with Crippen LogP contribution in [0, 0.1) is 23.7 Å². The zero-order valence-electron chi connectivity index (χ0n) is 12.6. The number of aliphatic hydroxyl groups excluding tert-OH is 1. The Balaban J connectivity index is 2.01. The lowest BCUT2D eigenvalue weighted by Crippen LogP contribution is -2.38. The van der Waals surface area contributed by atoms with Crippen LogP contribution >= 0.6 is 0 Å². The van der Waals surface area contributed by atoms with Crippen molar-refractivity contribution in [1.29, 1.82) is 0 Å². The monoisotopic (exact) mass is 268 g/mol. The van der Waals surface area contributed by atoms with Crippen LogP contribution in [0.2, 0.25) is 0 Å². The maximum Gasteiger partial charge on any atom is 0.205 e. The minimum atomic E-state index is -0.594. The summed E-state index contributed by atoms with van der Waals surface area (Å²) in [6.07, 6.45) is 2.93. The van der Waals surface area contributed by atoms with Gasteiger partial charge < -0.3 is 14.6 Å². The third-order valence-electron chi connectivity index (χ3n) is 4.79. The van der Waals surface area contributed by atoms with Gasteiger partial charge in [-0.1, -0.05) is 40.7 Å². The maximum absolute atomic E-state index is 9.89. The van der Waals surface area contributed by atoms with Crippen LogP contribution < -0.4 is 0 Å². The molecular formula is C16H28O3. The van der Waals surface area contributed by atoms with Crippen molar-refractivity contribution in [2.24, 2.45) is 23.7 Å². The number of hydrogen-bond acceptors (Lipinski definition) is 3. The summed E-state index contributed by atoms with van der Waals surface area (Å²) in [5.41, 5.74) is 0. The van der Waals surface area contributed by atoms with Gasteiger partial charge in [0.15, 0.2) is 0 Å². The number of ether oxygens (including phenoxy) is 2. The Kier molecular flexibility index (Phi) is 4.57. The van der Waals surface area contributed by atoms with Gasteiger partial charge in [-0.15, -0.1) is 0 Å². The second kappa shape index (κ2) is 5.84. The van der Waals surface area contributed by atoms with E-state index in [1.165, 1.54) is 12.8 Å². The molecule has 6 atom stereocenters. The molecule has 1 saturated carbocycles. The van der Waals surface area contributed by atoms with Crippen molar-refractivity contribution in [3.05, 3.63) is 12.3 Å². The Bertz CT molecular complexity index is 326. The zero-order chi connectivity index (χ0) is 14.2. The molecule has 2 aliphatic rings. The van der Waals surface area contributed by atoms with E-state index in [1.807, 2.05) is 6.92 Å². The number of hydrogen-bond donors (Lipinski definition) is 1. The largest absolute Gasteiger partial charge is 0.467 e. The molecule has 0 aromatic rings. The first-order valence-corrected chi connectivity index (χ1v) is 7.59. The van der Waals surface area contributed by atoms with Gasteiger partial charge in [0, 0.05) is 0 Å². The van der Waals surface area contributed by atoms with Crippen molar-refractivity contribution in [2.45, 2.75) is 65.5 Å². The third kappa shape index (κ3) is 3.14. The van der Waals surface area contributed by atoms with Gasteiger partial charge in [-0.25, -0.2) is 0 Å². The molecule has 2 rings (SSSR count). The Labute approximate surface area is 117 Å². The van der Waals surface area contributed by atoms with E-state index >= 15 is 0 Å². The van der Waals surface area contributed by atoms with Gasteiger partial charge in [-0.2, -0.15) is 0 Å². The molecule has 110 valence electrons. The van der Waals surface area contributed by atoms with Crippen LogP contribution in [0.25, 0.3) is 0 Å². The highest BCUT2D eigenvalue weighted by atomic mass is 16.7. The first-order valence-electron chi connectivity index (χ1n) is 7.59. The summed E-state index contributed by atoms with van der Waals surface area (Å²) in [6, 6.07) is 0. The molecule has 1 saturated heterocycles. The molecule has 0 radical (unpaired) electrons. The van der Waals surface area contributed by atoms with E-state index < -0.39 is 6.10 Å². The van der Waals surface area contributed by atoms with Gasteiger partial charge in [0.2, 0.25) is 6.29 Å². The molecule has 0 spiro atoms. The predicted molar refractivity (Wildman–Crippen MR) is 75.4 cm³/mol. The summed E-state index contributed by atoms with van der Waals surface area (Å²) in [5, 5.41) is 9.89. The zero-order valence-corrected chi connectivity index (χ0v) is 12.6. The van der Waals surface area contributed by atoms with E-state index in [-0.39, 0.29) is 18.3 Å². The maximum atomic E-state index is 9.89. The van der Waals surface area contributed by atoms with Crippen molar-refractivity contribution in [3.63, 3.8) is 0 Å². The van der Waals surface area contributed by atoms with E-state index in [2.05, 4.69) is 27.4 Å². The fourth-order valence-corrected chi connectivity index (χ4v) is 3.36. The summed E-state index contributed by atoms with van der Waals surface area (Å²) in [7, 11) is 0. The Morgan fingerprint density at radius 2 is 2.00 bits per heavy atom. The van der Waals surface area contributed by atoms with Crippen LogP contribution in [0.5, 0.6) is 0 Å². The van der Waals surface area contributed by atoms with Gasteiger partial charge in [0.1, 0.15) is 11.9 Å². The quantitative estimate of drug-likeness (QED) is 0.853. The molecule has 19 heavy (non-hydrogen) atoms. The Hall–Kier alpha value is -0.540. The molecule has 1 N–H and O–H groups in total. The van der Waals surface area contributed by atoms with Crippen LogP contribution in [-0.2, 0) is 9.47 Å². The lowest BCUT2D eigenvalue weighted by atomic mass is 9.75. The van der Waals surface area contributed by atoms with Gasteiger partial charge in [-0.3, -0.25) is 0 Å². The van der Waals surface area contributed by atoms with E-state index in [1.54, 1.807) is 0 Å². The van der Waals surface area contributed by atoms with Crippen LogP contribution in [0.15, 0.2) is 12.3 Å². The molecule has 1 heterocycles. The normalized spacial score (nSPS) is 43.6. The minimum Gasteiger partial charge on any atom is -0.467 e. The van der Waals surface area contributed by atoms with Crippen molar-refractivity contribution in [2.75, 3.05) is 0 Å². The summed E-state index contributed by atoms with van der Waals surface area (Å²) >= 11 is 0. The molecule has 3 nitrogen and oxygen atoms in total. The highest BCUT2D eigenvalue weighted by Gasteiger charge is 2.41. The van der Waals surface area contributed by atoms with Crippen molar-refractivity contribution >= 4 is 0 Å². The summed E-state index contributed by atoms with van der Waals surface area (Å²) in [6.45, 7) is 12.5. The van der Waals surface area contributed by atoms with Crippen LogP contribution in [-0.4, -0.2) is 23.6 Å². The summed E-state index contributed by atoms with van der Waals surface area (Å²) < 4.78 is 11.8. The molecule has 0 aromatic carbocycles. The first kappa shape index (κ1) is 14.9. The number of rotatable bonds is 3. The molecule has 1 aliphatic heterocycles. The van der Waals surface area contributed by atoms with Gasteiger partial charge in [-0.05, 0) is 30.6 Å². The molecular weight excluding hydrogens is 240 g/mol. The number of aliphatic hydroxyl groups is 1. The molecule has 0 aromatic heterocycles. The van der Waals surface area contributed by atoms with Gasteiger partial charge in [0.25, 0.3) is 0 Å². The Morgan fingerprint density at radius 3 is 2.53 bits per heavy atom. The first-order chi connectivity index (χ1) is 8.90. The fraction of sp³-hybridized carbons (Fsp3) is 0.875. The molecule has 0 bridgehead atoms. The van der Waals surface area contributed by atoms with Crippen molar-refractivity contribution in [3.8, 4) is 0 Å². The highest BCUT2D eigenvalue weighted by molar-refractivity contribution is 5.01. The third-order valence-corrected chi connectivity index (χ3v) is 4.79. The Morgan fingerprint density at radius 1 is 1.32 bits per heavy atom. The van der Waals surface area contributed by atoms with Crippen molar-refractivity contribution < 1.29 is 14.6 Å². The average molecular weight is 268 g/mol. The minimum absolute atomic E-state index is 0.0301. The van der Waals surface area contributed by atoms with E-state index in [0.29, 0.717) is 23.5 Å².